The topological polar surface area (TPSA) is 153 Å². The number of ether oxygens (including phenoxy) is 4. The minimum absolute atomic E-state index is 0.111. The third kappa shape index (κ3) is 17.3. The molecule has 3 rings (SSSR count). The molecule has 13 heteroatoms. The highest BCUT2D eigenvalue weighted by Gasteiger charge is 2.08. The smallest absolute Gasteiger partial charge is 0.251 e. The predicted molar refractivity (Wildman–Crippen MR) is 190 cm³/mol. The van der Waals surface area contributed by atoms with Crippen LogP contribution < -0.4 is 26.6 Å². The van der Waals surface area contributed by atoms with Crippen molar-refractivity contribution >= 4 is 29.4 Å². The highest BCUT2D eigenvalue weighted by atomic mass is 16.5. The molecular weight excluding hydrogens is 612 g/mol. The molecule has 2 aromatic carbocycles. The van der Waals surface area contributed by atoms with Gasteiger partial charge in [0.15, 0.2) is 0 Å². The monoisotopic (exact) mass is 666 g/mol. The Kier molecular flexibility index (Phi) is 19.5. The number of rotatable bonds is 27. The van der Waals surface area contributed by atoms with Gasteiger partial charge in [0.1, 0.15) is 0 Å². The summed E-state index contributed by atoms with van der Waals surface area (Å²) >= 11 is 0. The molecule has 264 valence electrons. The van der Waals surface area contributed by atoms with Gasteiger partial charge in [-0.05, 0) is 48.6 Å². The lowest BCUT2D eigenvalue weighted by Gasteiger charge is -2.13. The predicted octanol–water partition coefficient (Wildman–Crippen LogP) is 4.48. The van der Waals surface area contributed by atoms with Crippen LogP contribution in [0.1, 0.15) is 49.5 Å². The number of carbonyl (C=O) groups excluding carboxylic acids is 1. The molecule has 0 aliphatic rings. The highest BCUT2D eigenvalue weighted by molar-refractivity contribution is 5.94. The van der Waals surface area contributed by atoms with Crippen molar-refractivity contribution in [2.75, 3.05) is 95.0 Å². The molecule has 0 atom stereocenters. The summed E-state index contributed by atoms with van der Waals surface area (Å²) in [4.78, 5) is 25.7. The lowest BCUT2D eigenvalue weighted by molar-refractivity contribution is 0.0490. The maximum Gasteiger partial charge on any atom is 0.251 e. The molecule has 1 heterocycles. The minimum atomic E-state index is -0.111. The summed E-state index contributed by atoms with van der Waals surface area (Å²) in [5.41, 5.74) is 2.68. The molecule has 0 spiro atoms. The Bertz CT molecular complexity index is 1270. The average Bonchev–Trinajstić information content (AvgIpc) is 3.09. The normalized spacial score (nSPS) is 11.1. The summed E-state index contributed by atoms with van der Waals surface area (Å²) in [6.07, 6.45) is 2.03. The first-order chi connectivity index (χ1) is 23.5. The summed E-state index contributed by atoms with van der Waals surface area (Å²) in [6, 6.07) is 17.3. The molecule has 3 aromatic rings. The van der Waals surface area contributed by atoms with Crippen LogP contribution in [0.4, 0.5) is 23.5 Å². The number of benzene rings is 2. The molecule has 5 N–H and O–H groups in total. The lowest BCUT2D eigenvalue weighted by atomic mass is 10.1. The maximum absolute atomic E-state index is 12.0. The second kappa shape index (κ2) is 24.3. The van der Waals surface area contributed by atoms with Gasteiger partial charge in [-0.2, -0.15) is 15.0 Å². The van der Waals surface area contributed by atoms with E-state index in [0.717, 1.165) is 44.8 Å². The zero-order valence-electron chi connectivity index (χ0n) is 28.8. The van der Waals surface area contributed by atoms with Crippen LogP contribution in [0.25, 0.3) is 0 Å². The fraction of sp³-hybridized carbons (Fsp3) is 0.543. The third-order valence-corrected chi connectivity index (χ3v) is 6.79. The van der Waals surface area contributed by atoms with Crippen molar-refractivity contribution in [3.8, 4) is 0 Å². The second-order valence-corrected chi connectivity index (χ2v) is 11.4. The van der Waals surface area contributed by atoms with E-state index in [-0.39, 0.29) is 5.91 Å². The van der Waals surface area contributed by atoms with Crippen molar-refractivity contribution in [2.24, 2.45) is 5.92 Å². The molecule has 0 aliphatic heterocycles. The van der Waals surface area contributed by atoms with Gasteiger partial charge < -0.3 is 45.5 Å². The van der Waals surface area contributed by atoms with Crippen molar-refractivity contribution in [3.63, 3.8) is 0 Å². The number of amides is 1. The van der Waals surface area contributed by atoms with Gasteiger partial charge in [-0.25, -0.2) is 0 Å². The van der Waals surface area contributed by atoms with Gasteiger partial charge in [-0.15, -0.1) is 0 Å². The Morgan fingerprint density at radius 2 is 1.25 bits per heavy atom. The molecule has 0 radical (unpaired) electrons. The number of anilines is 4. The Hall–Kier alpha value is -3.88. The van der Waals surface area contributed by atoms with E-state index in [4.69, 9.17) is 18.9 Å². The minimum Gasteiger partial charge on any atom is -0.379 e. The lowest BCUT2D eigenvalue weighted by Crippen LogP contribution is -2.27. The molecule has 0 saturated heterocycles. The largest absolute Gasteiger partial charge is 0.379 e. The van der Waals surface area contributed by atoms with E-state index in [1.165, 1.54) is 5.56 Å². The van der Waals surface area contributed by atoms with Crippen LogP contribution in [0, 0.1) is 5.92 Å². The Morgan fingerprint density at radius 1 is 0.667 bits per heavy atom. The quantitative estimate of drug-likeness (QED) is 0.0730. The van der Waals surface area contributed by atoms with Gasteiger partial charge in [-0.3, -0.25) is 4.79 Å². The van der Waals surface area contributed by atoms with Gasteiger partial charge in [0.2, 0.25) is 17.8 Å². The van der Waals surface area contributed by atoms with Crippen LogP contribution in [0.5, 0.6) is 0 Å². The van der Waals surface area contributed by atoms with Gasteiger partial charge in [0, 0.05) is 50.6 Å². The molecule has 1 aromatic heterocycles. The van der Waals surface area contributed by atoms with Crippen LogP contribution in [-0.2, 0) is 25.5 Å². The molecule has 0 saturated carbocycles. The first-order valence-electron chi connectivity index (χ1n) is 17.0. The number of nitrogens with one attached hydrogen (secondary N) is 5. The molecule has 0 bridgehead atoms. The second-order valence-electron chi connectivity index (χ2n) is 11.4. The van der Waals surface area contributed by atoms with Crippen LogP contribution >= 0.6 is 0 Å². The summed E-state index contributed by atoms with van der Waals surface area (Å²) in [7, 11) is 0. The van der Waals surface area contributed by atoms with E-state index in [9.17, 15) is 4.79 Å². The van der Waals surface area contributed by atoms with E-state index >= 15 is 0 Å². The van der Waals surface area contributed by atoms with E-state index in [2.05, 4.69) is 74.4 Å². The zero-order chi connectivity index (χ0) is 34.1. The molecular formula is C35H54N8O5. The Balaban J connectivity index is 1.36. The maximum atomic E-state index is 12.0. The van der Waals surface area contributed by atoms with E-state index in [0.29, 0.717) is 88.7 Å². The highest BCUT2D eigenvalue weighted by Crippen LogP contribution is 2.17. The van der Waals surface area contributed by atoms with Crippen LogP contribution in [0.15, 0.2) is 54.6 Å². The van der Waals surface area contributed by atoms with E-state index in [1.54, 1.807) is 12.1 Å². The molecule has 48 heavy (non-hydrogen) atoms. The number of nitrogens with zero attached hydrogens (tertiary/aromatic N) is 3. The fourth-order valence-corrected chi connectivity index (χ4v) is 4.23. The number of hydrogen-bond donors (Lipinski definition) is 5. The Labute approximate surface area is 285 Å². The van der Waals surface area contributed by atoms with Crippen molar-refractivity contribution in [3.05, 3.63) is 65.7 Å². The van der Waals surface area contributed by atoms with Crippen molar-refractivity contribution in [2.45, 2.75) is 40.2 Å². The first kappa shape index (κ1) is 38.6. The summed E-state index contributed by atoms with van der Waals surface area (Å²) in [5, 5.41) is 16.1. The van der Waals surface area contributed by atoms with Gasteiger partial charge in [0.05, 0.1) is 46.2 Å². The first-order valence-corrected chi connectivity index (χ1v) is 17.0. The van der Waals surface area contributed by atoms with E-state index in [1.807, 2.05) is 30.3 Å². The molecule has 0 aliphatic carbocycles. The van der Waals surface area contributed by atoms with Gasteiger partial charge in [-0.1, -0.05) is 51.1 Å². The fourth-order valence-electron chi connectivity index (χ4n) is 4.23. The van der Waals surface area contributed by atoms with Gasteiger partial charge >= 0.3 is 0 Å². The number of carbonyl (C=O) groups is 1. The molecule has 1 amide bonds. The molecule has 0 fully saturated rings. The molecule has 13 nitrogen and oxygen atoms in total. The standard InChI is InChI=1S/C35H54N8O5/c1-4-19-45-23-24-46-20-16-36-27-29-10-12-31(13-11-29)40-35-42-33(38-15-14-28(2)3)41-34(43-35)39-18-22-48-26-25-47-21-17-37-32(44)30-8-6-5-7-9-30/h5-13,28,36H,4,14-27H2,1-3H3,(H,37,44)(H3,38,39,40,41,42,43). The average molecular weight is 667 g/mol. The Morgan fingerprint density at radius 3 is 1.90 bits per heavy atom. The van der Waals surface area contributed by atoms with Crippen LogP contribution in [0.3, 0.4) is 0 Å². The summed E-state index contributed by atoms with van der Waals surface area (Å²) in [5.74, 6) is 1.85. The SMILES string of the molecule is CCCOCCOCCNCc1ccc(Nc2nc(NCCOCCOCCNC(=O)c3ccccc3)nc(NCCC(C)C)n2)cc1. The van der Waals surface area contributed by atoms with Crippen molar-refractivity contribution in [1.29, 1.82) is 0 Å². The van der Waals surface area contributed by atoms with Crippen molar-refractivity contribution in [1.82, 2.24) is 25.6 Å². The van der Waals surface area contributed by atoms with Gasteiger partial charge in [0.25, 0.3) is 5.91 Å². The molecule has 0 unspecified atom stereocenters. The third-order valence-electron chi connectivity index (χ3n) is 6.79. The van der Waals surface area contributed by atoms with E-state index < -0.39 is 0 Å². The zero-order valence-corrected chi connectivity index (χ0v) is 28.8. The van der Waals surface area contributed by atoms with Crippen LogP contribution in [-0.4, -0.2) is 99.9 Å². The summed E-state index contributed by atoms with van der Waals surface area (Å²) < 4.78 is 22.2. The van der Waals surface area contributed by atoms with Crippen molar-refractivity contribution < 1.29 is 23.7 Å². The number of hydrogen-bond acceptors (Lipinski definition) is 12. The summed E-state index contributed by atoms with van der Waals surface area (Å²) in [6.45, 7) is 14.1. The number of aromatic nitrogens is 3. The van der Waals surface area contributed by atoms with Crippen LogP contribution in [0.2, 0.25) is 0 Å².